The van der Waals surface area contributed by atoms with E-state index in [1.165, 1.54) is 0 Å². The summed E-state index contributed by atoms with van der Waals surface area (Å²) in [5.41, 5.74) is 20.4. The Morgan fingerprint density at radius 1 is 0.378 bits per heavy atom. The normalized spacial score (nSPS) is 12.1. The van der Waals surface area contributed by atoms with Crippen LogP contribution < -0.4 is 63.3 Å². The van der Waals surface area contributed by atoms with Gasteiger partial charge in [0.15, 0.2) is 0 Å². The summed E-state index contributed by atoms with van der Waals surface area (Å²) in [6.45, 7) is 15.4. The van der Waals surface area contributed by atoms with E-state index in [1.54, 1.807) is 69.9 Å². The van der Waals surface area contributed by atoms with E-state index in [0.717, 1.165) is 190 Å². The lowest BCUT2D eigenvalue weighted by molar-refractivity contribution is 0.307. The van der Waals surface area contributed by atoms with Crippen LogP contribution in [0.15, 0.2) is 358 Å². The molecule has 1 atom stereocenters. The van der Waals surface area contributed by atoms with Crippen molar-refractivity contribution in [2.45, 2.75) is 25.1 Å². The highest BCUT2D eigenvalue weighted by Crippen LogP contribution is 2.46. The first kappa shape index (κ1) is 83.7. The van der Waals surface area contributed by atoms with Gasteiger partial charge in [-0.3, -0.25) is 4.55 Å². The lowest BCUT2D eigenvalue weighted by atomic mass is 10.00. The smallest absolute Gasteiger partial charge is 0.267 e. The molecule has 3 heterocycles. The van der Waals surface area contributed by atoms with Crippen molar-refractivity contribution in [3.05, 3.63) is 369 Å². The molecule has 14 aromatic carbocycles. The van der Waals surface area contributed by atoms with Crippen LogP contribution in [0.5, 0.6) is 40.2 Å². The number of methoxy groups -OCH3 is 8. The highest BCUT2D eigenvalue weighted by molar-refractivity contribution is 7.86. The number of benzene rings is 14. The third-order valence-corrected chi connectivity index (χ3v) is 24.8. The minimum Gasteiger partial charge on any atom is -0.497 e. The van der Waals surface area contributed by atoms with Crippen LogP contribution in [-0.2, 0) is 21.4 Å². The van der Waals surface area contributed by atoms with Gasteiger partial charge in [0, 0.05) is 135 Å². The molecule has 0 saturated heterocycles. The summed E-state index contributed by atoms with van der Waals surface area (Å²) in [7, 11) is 8.96. The van der Waals surface area contributed by atoms with Crippen LogP contribution in [0.25, 0.3) is 101 Å². The van der Waals surface area contributed by atoms with E-state index in [9.17, 15) is 13.0 Å². The molecule has 19 heteroatoms. The Morgan fingerprint density at radius 3 is 1.01 bits per heavy atom. The lowest BCUT2D eigenvalue weighted by Gasteiger charge is -2.26. The standard InChI is InChI=1S/C108H95N7O11S/c1-13-90(119-5)15-14-63-109(78-26-43-91(120-6)44-27-78)71(2)65-98-73(4)111(106-59-40-87(68-101(98)106)112(80-28-45-92(121-7)46-29-80)81-30-47-93(122-8)48-31-81)79-22-16-74(17-23-79)76-20-57-104-99(66-76)100-67-77(21-58-105(100)110(104)64-62-72(3)127(116,117)118)75-18-24-86(25-19-75)115-107-60-41-88(113(82-32-49-94(123-9)50-33-82)83-34-51-95(124-10)52-35-83)69-102(107)103-70-89(42-61-108(103)115)114(84-36-53-96(125-11)54-37-84)85-38-55-97(126-12)56-39-85/h13-61,63,65-70,72H,1-2,4,62,64H2,3,5-12H3,(H,116,117,118)/b63-14+,90-15+,98-65+. The predicted octanol–water partition coefficient (Wildman–Crippen LogP) is 24.7. The highest BCUT2D eigenvalue weighted by atomic mass is 32.2. The maximum absolute atomic E-state index is 12.6. The van der Waals surface area contributed by atoms with Crippen LogP contribution >= 0.6 is 0 Å². The molecule has 0 spiro atoms. The SMILES string of the molecule is C=C/C(=C\C=C\N(C(=C)/C=c1\c(=C)n(-c2ccc(-c3ccc4c(c3)c3cc(-c5ccc(-n6c7ccc(N(c8ccc(OC)cc8)c8ccc(OC)cc8)cc7c7cc(N(c8ccc(OC)cc8)c8ccc(OC)cc8)ccc76)cc5)ccc3n4CCC(C)S(=O)(=O)O)cc2)c2ccc(N(c3ccc(OC)cc3)c3ccc(OC)cc3)cc12)c1ccc(OC)cc1)OC. The number of fused-ring (bicyclic) bond motifs is 7. The monoisotopic (exact) mass is 1700 g/mol. The van der Waals surface area contributed by atoms with Crippen molar-refractivity contribution < 1.29 is 50.9 Å². The van der Waals surface area contributed by atoms with Gasteiger partial charge in [-0.05, 0) is 333 Å². The maximum Gasteiger partial charge on any atom is 0.267 e. The fraction of sp³-hybridized carbons (Fsp3) is 0.111. The highest BCUT2D eigenvalue weighted by Gasteiger charge is 2.26. The molecule has 634 valence electrons. The third kappa shape index (κ3) is 16.7. The molecule has 0 amide bonds. The van der Waals surface area contributed by atoms with E-state index in [4.69, 9.17) is 51.1 Å². The van der Waals surface area contributed by atoms with Gasteiger partial charge in [-0.1, -0.05) is 56.1 Å². The molecule has 0 fully saturated rings. The third-order valence-electron chi connectivity index (χ3n) is 23.5. The van der Waals surface area contributed by atoms with Gasteiger partial charge in [-0.15, -0.1) is 0 Å². The second-order valence-electron chi connectivity index (χ2n) is 30.7. The van der Waals surface area contributed by atoms with E-state index >= 15 is 0 Å². The number of nitrogens with zero attached hydrogens (tertiary/aromatic N) is 7. The molecule has 1 unspecified atom stereocenters. The summed E-state index contributed by atoms with van der Waals surface area (Å²) in [6.07, 6.45) is 9.59. The summed E-state index contributed by atoms with van der Waals surface area (Å²) in [6, 6.07) is 106. The second-order valence-corrected chi connectivity index (χ2v) is 32.5. The molecule has 0 saturated carbocycles. The topological polar surface area (TPSA) is 156 Å². The van der Waals surface area contributed by atoms with Crippen molar-refractivity contribution in [1.29, 1.82) is 0 Å². The van der Waals surface area contributed by atoms with Gasteiger partial charge in [0.1, 0.15) is 46.0 Å². The first-order valence-electron chi connectivity index (χ1n) is 41.5. The van der Waals surface area contributed by atoms with Crippen LogP contribution in [0.3, 0.4) is 0 Å². The van der Waals surface area contributed by atoms with E-state index < -0.39 is 15.4 Å². The average molecular weight is 1700 g/mol. The second kappa shape index (κ2) is 36.1. The number of hydrogen-bond donors (Lipinski definition) is 1. The van der Waals surface area contributed by atoms with E-state index in [1.807, 2.05) is 145 Å². The number of allylic oxidation sites excluding steroid dienone is 4. The number of ether oxygens (including phenoxy) is 8. The number of rotatable bonds is 31. The van der Waals surface area contributed by atoms with Gasteiger partial charge in [0.05, 0.1) is 78.7 Å². The summed E-state index contributed by atoms with van der Waals surface area (Å²) >= 11 is 0. The van der Waals surface area contributed by atoms with Gasteiger partial charge in [-0.2, -0.15) is 8.42 Å². The molecule has 0 aliphatic carbocycles. The van der Waals surface area contributed by atoms with Gasteiger partial charge < -0.3 is 71.2 Å². The Kier molecular flexibility index (Phi) is 23.8. The first-order valence-corrected chi connectivity index (χ1v) is 43.0. The van der Waals surface area contributed by atoms with Gasteiger partial charge in [0.25, 0.3) is 10.1 Å². The molecule has 3 aromatic heterocycles. The molecular weight excluding hydrogens is 1600 g/mol. The summed E-state index contributed by atoms with van der Waals surface area (Å²) in [4.78, 5) is 8.70. The van der Waals surface area contributed by atoms with Crippen molar-refractivity contribution in [2.75, 3.05) is 76.5 Å². The number of anilines is 10. The van der Waals surface area contributed by atoms with Crippen molar-refractivity contribution in [3.8, 4) is 73.9 Å². The average Bonchev–Trinajstić information content (AvgIpc) is 1.56. The molecule has 0 radical (unpaired) electrons. The Bertz CT molecular complexity index is 6960. The molecular formula is C108H95N7O11S. The zero-order valence-corrected chi connectivity index (χ0v) is 72.8. The largest absolute Gasteiger partial charge is 0.497 e. The van der Waals surface area contributed by atoms with Crippen molar-refractivity contribution in [1.82, 2.24) is 13.7 Å². The van der Waals surface area contributed by atoms with Crippen LogP contribution in [0, 0.1) is 0 Å². The Labute approximate surface area is 738 Å². The summed E-state index contributed by atoms with van der Waals surface area (Å²) < 4.78 is 87.3. The Balaban J connectivity index is 0.770. The summed E-state index contributed by atoms with van der Waals surface area (Å²) in [5, 5.41) is 5.51. The number of aryl methyl sites for hydroxylation is 1. The van der Waals surface area contributed by atoms with Crippen LogP contribution in [0.4, 0.5) is 56.9 Å². The minimum absolute atomic E-state index is 0.185. The molecule has 0 bridgehead atoms. The Morgan fingerprint density at radius 2 is 0.677 bits per heavy atom. The zero-order chi connectivity index (χ0) is 88.1. The molecule has 17 rings (SSSR count). The van der Waals surface area contributed by atoms with Gasteiger partial charge in [0.2, 0.25) is 0 Å². The fourth-order valence-corrected chi connectivity index (χ4v) is 17.2. The van der Waals surface area contributed by atoms with Gasteiger partial charge >= 0.3 is 0 Å². The summed E-state index contributed by atoms with van der Waals surface area (Å²) in [5.74, 6) is 5.78. The zero-order valence-electron chi connectivity index (χ0n) is 72.0. The van der Waals surface area contributed by atoms with E-state index in [-0.39, 0.29) is 6.42 Å². The van der Waals surface area contributed by atoms with Crippen LogP contribution in [0.2, 0.25) is 0 Å². The van der Waals surface area contributed by atoms with Crippen LogP contribution in [0.1, 0.15) is 13.3 Å². The van der Waals surface area contributed by atoms with E-state index in [0.29, 0.717) is 23.8 Å². The molecule has 17 aromatic rings. The van der Waals surface area contributed by atoms with E-state index in [2.05, 4.69) is 229 Å². The molecule has 1 N–H and O–H groups in total. The van der Waals surface area contributed by atoms with Gasteiger partial charge in [-0.25, -0.2) is 0 Å². The number of hydrogen-bond acceptors (Lipinski definition) is 14. The quantitative estimate of drug-likeness (QED) is 0.0249. The molecule has 0 aliphatic rings. The lowest BCUT2D eigenvalue weighted by Crippen LogP contribution is -2.28. The van der Waals surface area contributed by atoms with Crippen molar-refractivity contribution in [2.24, 2.45) is 0 Å². The maximum atomic E-state index is 12.6. The molecule has 0 aliphatic heterocycles. The minimum atomic E-state index is -4.32. The fourth-order valence-electron chi connectivity index (χ4n) is 16.8. The predicted molar refractivity (Wildman–Crippen MR) is 519 cm³/mol. The first-order chi connectivity index (χ1) is 61.9. The van der Waals surface area contributed by atoms with Crippen LogP contribution in [-0.4, -0.2) is 88.8 Å². The van der Waals surface area contributed by atoms with Crippen molar-refractivity contribution in [3.63, 3.8) is 0 Å². The molecule has 18 nitrogen and oxygen atoms in total. The number of aromatic nitrogens is 3. The van der Waals surface area contributed by atoms with Crippen molar-refractivity contribution >= 4 is 134 Å². The Hall–Kier alpha value is -15.6. The molecule has 127 heavy (non-hydrogen) atoms.